The molecule has 6 heteroatoms. The third-order valence-corrected chi connectivity index (χ3v) is 3.24. The molecule has 0 atom stereocenters. The molecule has 88 valence electrons. The Hall–Kier alpha value is -1.33. The van der Waals surface area contributed by atoms with Gasteiger partial charge in [-0.1, -0.05) is 23.4 Å². The van der Waals surface area contributed by atoms with E-state index in [1.807, 2.05) is 6.26 Å². The maximum atomic E-state index is 11.7. The fourth-order valence-electron chi connectivity index (χ4n) is 1.41. The van der Waals surface area contributed by atoms with Gasteiger partial charge in [-0.15, -0.1) is 0 Å². The first kappa shape index (κ1) is 12.1. The number of thioether (sulfide) groups is 1. The average Bonchev–Trinajstić information content (AvgIpc) is 2.32. The second-order valence-electron chi connectivity index (χ2n) is 3.39. The highest BCUT2D eigenvalue weighted by molar-refractivity contribution is 7.98. The summed E-state index contributed by atoms with van der Waals surface area (Å²) in [4.78, 5) is 20.0. The average molecular weight is 268 g/mol. The van der Waals surface area contributed by atoms with Crippen LogP contribution in [0.1, 0.15) is 0 Å². The Kier molecular flexibility index (Phi) is 3.49. The zero-order valence-electron chi connectivity index (χ0n) is 9.35. The Morgan fingerprint density at radius 3 is 2.82 bits per heavy atom. The van der Waals surface area contributed by atoms with E-state index in [1.165, 1.54) is 22.4 Å². The van der Waals surface area contributed by atoms with E-state index in [0.29, 0.717) is 16.0 Å². The van der Waals surface area contributed by atoms with Crippen LogP contribution in [0.5, 0.6) is 0 Å². The van der Waals surface area contributed by atoms with E-state index < -0.39 is 0 Å². The zero-order chi connectivity index (χ0) is 12.4. The summed E-state index contributed by atoms with van der Waals surface area (Å²) in [6.07, 6.45) is 3.47. The Balaban J connectivity index is 2.61. The maximum Gasteiger partial charge on any atom is 0.254 e. The first-order chi connectivity index (χ1) is 8.11. The van der Waals surface area contributed by atoms with Crippen molar-refractivity contribution >= 4 is 23.4 Å². The highest BCUT2D eigenvalue weighted by atomic mass is 35.5. The Morgan fingerprint density at radius 2 is 2.18 bits per heavy atom. The normalized spacial score (nSPS) is 10.5. The lowest BCUT2D eigenvalue weighted by molar-refractivity contribution is 0.712. The third kappa shape index (κ3) is 2.50. The van der Waals surface area contributed by atoms with E-state index in [9.17, 15) is 4.79 Å². The largest absolute Gasteiger partial charge is 0.291 e. The molecule has 0 saturated carbocycles. The smallest absolute Gasteiger partial charge is 0.254 e. The standard InChI is InChI=1S/C11H10ClN3OS/c1-15-10(16)6-8(14-11(15)17-2)7-3-4-13-9(12)5-7/h3-6H,1-2H3. The molecular weight excluding hydrogens is 258 g/mol. The van der Waals surface area contributed by atoms with Gasteiger partial charge in [-0.2, -0.15) is 0 Å². The van der Waals surface area contributed by atoms with E-state index in [4.69, 9.17) is 11.6 Å². The van der Waals surface area contributed by atoms with E-state index in [0.717, 1.165) is 5.56 Å². The molecule has 0 fully saturated rings. The molecule has 4 nitrogen and oxygen atoms in total. The molecule has 0 saturated heterocycles. The number of pyridine rings is 1. The molecule has 2 aromatic rings. The van der Waals surface area contributed by atoms with E-state index in [1.54, 1.807) is 25.4 Å². The second-order valence-corrected chi connectivity index (χ2v) is 4.55. The fourth-order valence-corrected chi connectivity index (χ4v) is 2.14. The molecule has 2 heterocycles. The van der Waals surface area contributed by atoms with Crippen molar-refractivity contribution in [1.82, 2.24) is 14.5 Å². The van der Waals surface area contributed by atoms with Crippen LogP contribution in [-0.2, 0) is 7.05 Å². The van der Waals surface area contributed by atoms with Crippen LogP contribution in [0, 0.1) is 0 Å². The predicted octanol–water partition coefficient (Wildman–Crippen LogP) is 2.22. The van der Waals surface area contributed by atoms with Crippen molar-refractivity contribution < 1.29 is 0 Å². The van der Waals surface area contributed by atoms with E-state index in [-0.39, 0.29) is 5.56 Å². The van der Waals surface area contributed by atoms with Crippen molar-refractivity contribution in [2.24, 2.45) is 7.05 Å². The molecule has 0 spiro atoms. The summed E-state index contributed by atoms with van der Waals surface area (Å²) >= 11 is 7.24. The summed E-state index contributed by atoms with van der Waals surface area (Å²) < 4.78 is 1.51. The van der Waals surface area contributed by atoms with Gasteiger partial charge >= 0.3 is 0 Å². The molecule has 2 rings (SSSR count). The van der Waals surface area contributed by atoms with Crippen molar-refractivity contribution in [3.63, 3.8) is 0 Å². The van der Waals surface area contributed by atoms with E-state index >= 15 is 0 Å². The third-order valence-electron chi connectivity index (χ3n) is 2.30. The number of rotatable bonds is 2. The lowest BCUT2D eigenvalue weighted by Crippen LogP contribution is -2.19. The summed E-state index contributed by atoms with van der Waals surface area (Å²) in [5, 5.41) is 1.05. The second kappa shape index (κ2) is 4.89. The molecule has 0 bridgehead atoms. The topological polar surface area (TPSA) is 47.8 Å². The summed E-state index contributed by atoms with van der Waals surface area (Å²) in [6.45, 7) is 0. The number of aromatic nitrogens is 3. The molecule has 0 aliphatic heterocycles. The van der Waals surface area contributed by atoms with Gasteiger partial charge in [-0.05, 0) is 18.4 Å². The molecule has 17 heavy (non-hydrogen) atoms. The highest BCUT2D eigenvalue weighted by Crippen LogP contribution is 2.20. The van der Waals surface area contributed by atoms with Gasteiger partial charge < -0.3 is 0 Å². The summed E-state index contributed by atoms with van der Waals surface area (Å²) in [5.74, 6) is 0. The molecule has 0 N–H and O–H groups in total. The minimum Gasteiger partial charge on any atom is -0.291 e. The van der Waals surface area contributed by atoms with Gasteiger partial charge in [0.1, 0.15) is 5.15 Å². The summed E-state index contributed by atoms with van der Waals surface area (Å²) in [6, 6.07) is 4.95. The van der Waals surface area contributed by atoms with Crippen molar-refractivity contribution in [1.29, 1.82) is 0 Å². The predicted molar refractivity (Wildman–Crippen MR) is 69.5 cm³/mol. The minimum atomic E-state index is -0.0905. The zero-order valence-corrected chi connectivity index (χ0v) is 10.9. The van der Waals surface area contributed by atoms with Gasteiger partial charge in [0.05, 0.1) is 5.69 Å². The molecule has 0 aromatic carbocycles. The first-order valence-corrected chi connectivity index (χ1v) is 6.46. The van der Waals surface area contributed by atoms with Crippen LogP contribution < -0.4 is 5.56 Å². The molecule has 0 aliphatic carbocycles. The molecule has 0 amide bonds. The van der Waals surface area contributed by atoms with Crippen LogP contribution in [0.2, 0.25) is 5.15 Å². The lowest BCUT2D eigenvalue weighted by Gasteiger charge is -2.07. The molecule has 2 aromatic heterocycles. The van der Waals surface area contributed by atoms with Gasteiger partial charge in [0, 0.05) is 24.9 Å². The van der Waals surface area contributed by atoms with Crippen molar-refractivity contribution in [3.8, 4) is 11.3 Å². The van der Waals surface area contributed by atoms with Gasteiger partial charge in [0.15, 0.2) is 5.16 Å². The minimum absolute atomic E-state index is 0.0905. The molecule has 0 aliphatic rings. The van der Waals surface area contributed by atoms with Gasteiger partial charge in [-0.25, -0.2) is 9.97 Å². The monoisotopic (exact) mass is 267 g/mol. The molecule has 0 radical (unpaired) electrons. The van der Waals surface area contributed by atoms with Gasteiger partial charge in [0.25, 0.3) is 5.56 Å². The van der Waals surface area contributed by atoms with Crippen molar-refractivity contribution in [2.45, 2.75) is 5.16 Å². The number of nitrogens with zero attached hydrogens (tertiary/aromatic N) is 3. The molecular formula is C11H10ClN3OS. The van der Waals surface area contributed by atoms with Crippen LogP contribution in [0.3, 0.4) is 0 Å². The Labute approximate surface area is 108 Å². The quantitative estimate of drug-likeness (QED) is 0.476. The van der Waals surface area contributed by atoms with Crippen LogP contribution in [0.15, 0.2) is 34.3 Å². The summed E-state index contributed by atoms with van der Waals surface area (Å²) in [5.41, 5.74) is 1.31. The number of halogens is 1. The highest BCUT2D eigenvalue weighted by Gasteiger charge is 2.07. The Bertz CT molecular complexity index is 612. The maximum absolute atomic E-state index is 11.7. The summed E-state index contributed by atoms with van der Waals surface area (Å²) in [7, 11) is 1.70. The number of hydrogen-bond donors (Lipinski definition) is 0. The fraction of sp³-hybridized carbons (Fsp3) is 0.182. The van der Waals surface area contributed by atoms with E-state index in [2.05, 4.69) is 9.97 Å². The van der Waals surface area contributed by atoms with Crippen LogP contribution in [0.4, 0.5) is 0 Å². The van der Waals surface area contributed by atoms with Crippen LogP contribution in [0.25, 0.3) is 11.3 Å². The molecule has 0 unspecified atom stereocenters. The van der Waals surface area contributed by atoms with Crippen LogP contribution >= 0.6 is 23.4 Å². The van der Waals surface area contributed by atoms with Crippen molar-refractivity contribution in [2.75, 3.05) is 6.26 Å². The van der Waals surface area contributed by atoms with Gasteiger partial charge in [0.2, 0.25) is 0 Å². The number of hydrogen-bond acceptors (Lipinski definition) is 4. The van der Waals surface area contributed by atoms with Crippen molar-refractivity contribution in [3.05, 3.63) is 39.9 Å². The lowest BCUT2D eigenvalue weighted by atomic mass is 10.2. The SMILES string of the molecule is CSc1nc(-c2ccnc(Cl)c2)cc(=O)n1C. The van der Waals surface area contributed by atoms with Gasteiger partial charge in [-0.3, -0.25) is 9.36 Å². The first-order valence-electron chi connectivity index (χ1n) is 4.86. The Morgan fingerprint density at radius 1 is 1.41 bits per heavy atom. The van der Waals surface area contributed by atoms with Crippen LogP contribution in [-0.4, -0.2) is 20.8 Å².